The minimum atomic E-state index is -0.424. The Labute approximate surface area is 120 Å². The highest BCUT2D eigenvalue weighted by atomic mass is 16.3. The van der Waals surface area contributed by atoms with Crippen LogP contribution in [0.3, 0.4) is 0 Å². The van der Waals surface area contributed by atoms with E-state index in [1.165, 1.54) is 5.56 Å². The van der Waals surface area contributed by atoms with Gasteiger partial charge in [-0.3, -0.25) is 4.98 Å². The van der Waals surface area contributed by atoms with Crippen LogP contribution in [0.2, 0.25) is 0 Å². The largest absolute Gasteiger partial charge is 0.388 e. The minimum absolute atomic E-state index is 0.180. The zero-order valence-electron chi connectivity index (χ0n) is 12.1. The molecule has 0 saturated carbocycles. The molecule has 1 aromatic carbocycles. The first kappa shape index (κ1) is 14.7. The molecule has 2 atom stereocenters. The molecule has 3 nitrogen and oxygen atoms in total. The molecule has 0 aliphatic carbocycles. The van der Waals surface area contributed by atoms with E-state index in [0.717, 1.165) is 18.7 Å². The summed E-state index contributed by atoms with van der Waals surface area (Å²) < 4.78 is 0. The molecule has 0 bridgehead atoms. The minimum Gasteiger partial charge on any atom is -0.388 e. The molecule has 3 heteroatoms. The fraction of sp³-hybridized carbons (Fsp3) is 0.353. The Hall–Kier alpha value is -1.71. The number of aromatic nitrogens is 1. The van der Waals surface area contributed by atoms with Crippen molar-refractivity contribution >= 4 is 0 Å². The summed E-state index contributed by atoms with van der Waals surface area (Å²) in [5.74, 6) is 0.180. The molecule has 2 aromatic rings. The Kier molecular flexibility index (Phi) is 5.27. The average Bonchev–Trinajstić information content (AvgIpc) is 2.48. The van der Waals surface area contributed by atoms with E-state index in [0.29, 0.717) is 0 Å². The lowest BCUT2D eigenvalue weighted by atomic mass is 9.97. The highest BCUT2D eigenvalue weighted by Crippen LogP contribution is 2.22. The molecule has 0 amide bonds. The Morgan fingerprint density at radius 3 is 2.55 bits per heavy atom. The van der Waals surface area contributed by atoms with Gasteiger partial charge < -0.3 is 10.0 Å². The quantitative estimate of drug-likeness (QED) is 0.877. The van der Waals surface area contributed by atoms with Gasteiger partial charge in [0, 0.05) is 25.5 Å². The molecule has 0 aliphatic heterocycles. The smallest absolute Gasteiger partial charge is 0.0827 e. The standard InChI is InChI=1S/C17H22N2O/c1-14(17(20)16-8-4-3-5-9-16)12-19(2)13-15-7-6-10-18-11-15/h3-11,14,17,20H,12-13H2,1-2H3. The molecule has 0 saturated heterocycles. The van der Waals surface area contributed by atoms with Gasteiger partial charge in [0.25, 0.3) is 0 Å². The van der Waals surface area contributed by atoms with Crippen molar-refractivity contribution in [1.82, 2.24) is 9.88 Å². The zero-order valence-corrected chi connectivity index (χ0v) is 12.1. The van der Waals surface area contributed by atoms with Gasteiger partial charge in [0.15, 0.2) is 0 Å². The van der Waals surface area contributed by atoms with Gasteiger partial charge in [-0.05, 0) is 30.2 Å². The van der Waals surface area contributed by atoms with E-state index in [1.807, 2.05) is 42.6 Å². The number of nitrogens with zero attached hydrogens (tertiary/aromatic N) is 2. The van der Waals surface area contributed by atoms with Crippen LogP contribution < -0.4 is 0 Å². The summed E-state index contributed by atoms with van der Waals surface area (Å²) in [6.07, 6.45) is 3.24. The normalized spacial score (nSPS) is 14.2. The van der Waals surface area contributed by atoms with Crippen molar-refractivity contribution in [2.45, 2.75) is 19.6 Å². The van der Waals surface area contributed by atoms with Crippen molar-refractivity contribution < 1.29 is 5.11 Å². The molecular formula is C17H22N2O. The molecule has 1 heterocycles. The Morgan fingerprint density at radius 1 is 1.15 bits per heavy atom. The first-order valence-electron chi connectivity index (χ1n) is 6.97. The van der Waals surface area contributed by atoms with E-state index < -0.39 is 6.10 Å². The number of rotatable bonds is 6. The second-order valence-electron chi connectivity index (χ2n) is 5.39. The van der Waals surface area contributed by atoms with Gasteiger partial charge in [0.2, 0.25) is 0 Å². The number of aliphatic hydroxyl groups is 1. The van der Waals surface area contributed by atoms with E-state index >= 15 is 0 Å². The summed E-state index contributed by atoms with van der Waals surface area (Å²) >= 11 is 0. The van der Waals surface area contributed by atoms with Crippen LogP contribution in [-0.4, -0.2) is 28.6 Å². The van der Waals surface area contributed by atoms with E-state index in [2.05, 4.69) is 29.9 Å². The molecule has 0 aliphatic rings. The van der Waals surface area contributed by atoms with Gasteiger partial charge in [0.1, 0.15) is 0 Å². The van der Waals surface area contributed by atoms with Crippen molar-refractivity contribution in [1.29, 1.82) is 0 Å². The van der Waals surface area contributed by atoms with Crippen LogP contribution in [0.4, 0.5) is 0 Å². The molecular weight excluding hydrogens is 248 g/mol. The summed E-state index contributed by atoms with van der Waals surface area (Å²) in [7, 11) is 2.07. The molecule has 0 radical (unpaired) electrons. The lowest BCUT2D eigenvalue weighted by Gasteiger charge is -2.25. The van der Waals surface area contributed by atoms with Crippen molar-refractivity contribution in [3.63, 3.8) is 0 Å². The van der Waals surface area contributed by atoms with Gasteiger partial charge >= 0.3 is 0 Å². The summed E-state index contributed by atoms with van der Waals surface area (Å²) in [5, 5.41) is 10.4. The Morgan fingerprint density at radius 2 is 1.90 bits per heavy atom. The highest BCUT2D eigenvalue weighted by Gasteiger charge is 2.17. The van der Waals surface area contributed by atoms with Crippen molar-refractivity contribution in [3.8, 4) is 0 Å². The molecule has 0 spiro atoms. The van der Waals surface area contributed by atoms with Gasteiger partial charge in [-0.15, -0.1) is 0 Å². The second kappa shape index (κ2) is 7.17. The third-order valence-electron chi connectivity index (χ3n) is 3.46. The first-order chi connectivity index (χ1) is 9.66. The fourth-order valence-corrected chi connectivity index (χ4v) is 2.44. The van der Waals surface area contributed by atoms with Crippen LogP contribution in [0.1, 0.15) is 24.2 Å². The SMILES string of the molecule is CC(CN(C)Cc1cccnc1)C(O)c1ccccc1. The average molecular weight is 270 g/mol. The number of aliphatic hydroxyl groups excluding tert-OH is 1. The van der Waals surface area contributed by atoms with Crippen LogP contribution in [0.25, 0.3) is 0 Å². The van der Waals surface area contributed by atoms with E-state index in [1.54, 1.807) is 6.20 Å². The molecule has 20 heavy (non-hydrogen) atoms. The maximum absolute atomic E-state index is 10.4. The van der Waals surface area contributed by atoms with Crippen LogP contribution in [0.15, 0.2) is 54.9 Å². The Balaban J connectivity index is 1.89. The topological polar surface area (TPSA) is 36.4 Å². The third kappa shape index (κ3) is 4.15. The van der Waals surface area contributed by atoms with Crippen LogP contribution >= 0.6 is 0 Å². The zero-order chi connectivity index (χ0) is 14.4. The van der Waals surface area contributed by atoms with Gasteiger partial charge in [-0.2, -0.15) is 0 Å². The summed E-state index contributed by atoms with van der Waals surface area (Å²) in [4.78, 5) is 6.34. The number of pyridine rings is 1. The van der Waals surface area contributed by atoms with Crippen molar-refractivity contribution in [2.24, 2.45) is 5.92 Å². The van der Waals surface area contributed by atoms with Crippen molar-refractivity contribution in [2.75, 3.05) is 13.6 Å². The van der Waals surface area contributed by atoms with Gasteiger partial charge in [-0.1, -0.05) is 43.3 Å². The summed E-state index contributed by atoms with van der Waals surface area (Å²) in [6, 6.07) is 13.9. The van der Waals surface area contributed by atoms with Gasteiger partial charge in [-0.25, -0.2) is 0 Å². The summed E-state index contributed by atoms with van der Waals surface area (Å²) in [6.45, 7) is 3.77. The van der Waals surface area contributed by atoms with Crippen LogP contribution in [0, 0.1) is 5.92 Å². The lowest BCUT2D eigenvalue weighted by molar-refractivity contribution is 0.0933. The number of hydrogen-bond acceptors (Lipinski definition) is 3. The molecule has 2 unspecified atom stereocenters. The Bertz CT molecular complexity index is 501. The van der Waals surface area contributed by atoms with Crippen LogP contribution in [-0.2, 0) is 6.54 Å². The highest BCUT2D eigenvalue weighted by molar-refractivity contribution is 5.18. The summed E-state index contributed by atoms with van der Waals surface area (Å²) in [5.41, 5.74) is 2.17. The predicted octanol–water partition coefficient (Wildman–Crippen LogP) is 2.88. The third-order valence-corrected chi connectivity index (χ3v) is 3.46. The molecule has 106 valence electrons. The second-order valence-corrected chi connectivity index (χ2v) is 5.39. The van der Waals surface area contributed by atoms with E-state index in [-0.39, 0.29) is 5.92 Å². The van der Waals surface area contributed by atoms with E-state index in [9.17, 15) is 5.11 Å². The van der Waals surface area contributed by atoms with Crippen LogP contribution in [0.5, 0.6) is 0 Å². The maximum atomic E-state index is 10.4. The van der Waals surface area contributed by atoms with Crippen molar-refractivity contribution in [3.05, 3.63) is 66.0 Å². The van der Waals surface area contributed by atoms with E-state index in [4.69, 9.17) is 0 Å². The molecule has 1 aromatic heterocycles. The fourth-order valence-electron chi connectivity index (χ4n) is 2.44. The number of benzene rings is 1. The molecule has 1 N–H and O–H groups in total. The molecule has 2 rings (SSSR count). The predicted molar refractivity (Wildman–Crippen MR) is 81.1 cm³/mol. The molecule has 0 fully saturated rings. The monoisotopic (exact) mass is 270 g/mol. The first-order valence-corrected chi connectivity index (χ1v) is 6.97. The number of hydrogen-bond donors (Lipinski definition) is 1. The van der Waals surface area contributed by atoms with Gasteiger partial charge in [0.05, 0.1) is 6.10 Å². The maximum Gasteiger partial charge on any atom is 0.0827 e. The lowest BCUT2D eigenvalue weighted by Crippen LogP contribution is -2.27.